The van der Waals surface area contributed by atoms with E-state index in [1.54, 1.807) is 32.5 Å². The van der Waals surface area contributed by atoms with Crippen LogP contribution in [0.5, 0.6) is 11.5 Å². The van der Waals surface area contributed by atoms with Crippen LogP contribution in [-0.2, 0) is 6.54 Å². The van der Waals surface area contributed by atoms with Crippen molar-refractivity contribution in [2.24, 2.45) is 0 Å². The molecule has 0 fully saturated rings. The molecule has 1 aromatic heterocycles. The molecule has 1 aromatic carbocycles. The van der Waals surface area contributed by atoms with Gasteiger partial charge < -0.3 is 14.8 Å². The maximum atomic E-state index is 6.09. The summed E-state index contributed by atoms with van der Waals surface area (Å²) in [7, 11) is 3.16. The minimum Gasteiger partial charge on any atom is -0.495 e. The minimum atomic E-state index is 0.522. The first-order valence-electron chi connectivity index (χ1n) is 5.65. The van der Waals surface area contributed by atoms with Crippen molar-refractivity contribution in [3.05, 3.63) is 41.4 Å². The molecule has 0 radical (unpaired) electrons. The highest BCUT2D eigenvalue weighted by molar-refractivity contribution is 6.32. The molecule has 2 rings (SSSR count). The number of methoxy groups -OCH3 is 2. The molecular formula is C13H14ClN3O2. The second-order valence-electron chi connectivity index (χ2n) is 3.74. The number of rotatable bonds is 5. The van der Waals surface area contributed by atoms with Crippen molar-refractivity contribution < 1.29 is 9.47 Å². The molecule has 0 spiro atoms. The minimum absolute atomic E-state index is 0.522. The van der Waals surface area contributed by atoms with Crippen LogP contribution in [0, 0.1) is 0 Å². The van der Waals surface area contributed by atoms with E-state index >= 15 is 0 Å². The van der Waals surface area contributed by atoms with E-state index in [-0.39, 0.29) is 0 Å². The topological polar surface area (TPSA) is 56.3 Å². The Morgan fingerprint density at radius 2 is 2.00 bits per heavy atom. The second kappa shape index (κ2) is 6.24. The Labute approximate surface area is 116 Å². The van der Waals surface area contributed by atoms with Gasteiger partial charge >= 0.3 is 0 Å². The highest BCUT2D eigenvalue weighted by Gasteiger charge is 2.09. The summed E-state index contributed by atoms with van der Waals surface area (Å²) in [6.45, 7) is 0.557. The van der Waals surface area contributed by atoms with Crippen LogP contribution in [0.3, 0.4) is 0 Å². The van der Waals surface area contributed by atoms with Crippen LogP contribution < -0.4 is 14.8 Å². The number of hydrogen-bond acceptors (Lipinski definition) is 5. The molecule has 0 saturated heterocycles. The first-order chi connectivity index (χ1) is 9.24. The zero-order valence-electron chi connectivity index (χ0n) is 10.7. The zero-order valence-corrected chi connectivity index (χ0v) is 11.4. The van der Waals surface area contributed by atoms with Gasteiger partial charge in [-0.05, 0) is 12.1 Å². The first kappa shape index (κ1) is 13.4. The molecule has 6 heteroatoms. The van der Waals surface area contributed by atoms with Gasteiger partial charge in [-0.15, -0.1) is 0 Å². The SMILES string of the molecule is COc1cc(OC)c(NCc2ccncn2)cc1Cl. The molecule has 0 aliphatic heterocycles. The smallest absolute Gasteiger partial charge is 0.145 e. The van der Waals surface area contributed by atoms with Gasteiger partial charge in [-0.3, -0.25) is 0 Å². The number of nitrogens with one attached hydrogen (secondary N) is 1. The second-order valence-corrected chi connectivity index (χ2v) is 4.15. The van der Waals surface area contributed by atoms with Gasteiger partial charge in [0, 0.05) is 12.3 Å². The van der Waals surface area contributed by atoms with E-state index in [0.29, 0.717) is 23.1 Å². The van der Waals surface area contributed by atoms with Crippen LogP contribution in [0.2, 0.25) is 5.02 Å². The molecule has 0 aliphatic rings. The molecule has 100 valence electrons. The first-order valence-corrected chi connectivity index (χ1v) is 6.02. The third kappa shape index (κ3) is 3.26. The molecular weight excluding hydrogens is 266 g/mol. The molecule has 0 bridgehead atoms. The number of ether oxygens (including phenoxy) is 2. The van der Waals surface area contributed by atoms with Gasteiger partial charge in [0.25, 0.3) is 0 Å². The predicted octanol–water partition coefficient (Wildman–Crippen LogP) is 2.76. The van der Waals surface area contributed by atoms with Crippen molar-refractivity contribution in [2.45, 2.75) is 6.54 Å². The lowest BCUT2D eigenvalue weighted by molar-refractivity contribution is 0.395. The van der Waals surface area contributed by atoms with E-state index in [1.807, 2.05) is 6.07 Å². The van der Waals surface area contributed by atoms with Crippen molar-refractivity contribution in [3.63, 3.8) is 0 Å². The standard InChI is InChI=1S/C13H14ClN3O2/c1-18-12-6-13(19-2)11(5-10(12)14)16-7-9-3-4-15-8-17-9/h3-6,8,16H,7H2,1-2H3. The van der Waals surface area contributed by atoms with Crippen molar-refractivity contribution in [2.75, 3.05) is 19.5 Å². The molecule has 2 aromatic rings. The van der Waals surface area contributed by atoms with E-state index in [4.69, 9.17) is 21.1 Å². The fourth-order valence-electron chi connectivity index (χ4n) is 1.61. The van der Waals surface area contributed by atoms with Gasteiger partial charge in [0.2, 0.25) is 0 Å². The lowest BCUT2D eigenvalue weighted by atomic mass is 10.2. The largest absolute Gasteiger partial charge is 0.495 e. The number of aromatic nitrogens is 2. The Morgan fingerprint density at radius 1 is 1.21 bits per heavy atom. The summed E-state index contributed by atoms with van der Waals surface area (Å²) in [5.74, 6) is 1.24. The Morgan fingerprint density at radius 3 is 2.63 bits per heavy atom. The zero-order chi connectivity index (χ0) is 13.7. The summed E-state index contributed by atoms with van der Waals surface area (Å²) in [5.41, 5.74) is 1.66. The molecule has 1 heterocycles. The summed E-state index contributed by atoms with van der Waals surface area (Å²) in [6.07, 6.45) is 3.21. The third-order valence-corrected chi connectivity index (χ3v) is 2.87. The highest BCUT2D eigenvalue weighted by atomic mass is 35.5. The summed E-state index contributed by atoms with van der Waals surface area (Å²) < 4.78 is 10.4. The Bertz CT molecular complexity index is 549. The number of halogens is 1. The summed E-state index contributed by atoms with van der Waals surface area (Å²) >= 11 is 6.09. The average molecular weight is 280 g/mol. The fraction of sp³-hybridized carbons (Fsp3) is 0.231. The maximum Gasteiger partial charge on any atom is 0.145 e. The van der Waals surface area contributed by atoms with Crippen LogP contribution in [0.25, 0.3) is 0 Å². The van der Waals surface area contributed by atoms with Crippen LogP contribution in [-0.4, -0.2) is 24.2 Å². The average Bonchev–Trinajstić information content (AvgIpc) is 2.46. The van der Waals surface area contributed by atoms with Gasteiger partial charge in [0.05, 0.1) is 37.2 Å². The van der Waals surface area contributed by atoms with E-state index < -0.39 is 0 Å². The monoisotopic (exact) mass is 279 g/mol. The number of anilines is 1. The molecule has 0 aliphatic carbocycles. The summed E-state index contributed by atoms with van der Waals surface area (Å²) in [4.78, 5) is 8.00. The van der Waals surface area contributed by atoms with Gasteiger partial charge in [0.1, 0.15) is 17.8 Å². The van der Waals surface area contributed by atoms with Crippen LogP contribution in [0.4, 0.5) is 5.69 Å². The van der Waals surface area contributed by atoms with Crippen LogP contribution >= 0.6 is 11.6 Å². The van der Waals surface area contributed by atoms with Crippen molar-refractivity contribution in [1.29, 1.82) is 0 Å². The lowest BCUT2D eigenvalue weighted by Gasteiger charge is -2.13. The molecule has 19 heavy (non-hydrogen) atoms. The number of hydrogen-bond donors (Lipinski definition) is 1. The summed E-state index contributed by atoms with van der Waals surface area (Å²) in [6, 6.07) is 5.34. The normalized spacial score (nSPS) is 10.1. The van der Waals surface area contributed by atoms with Gasteiger partial charge in [0.15, 0.2) is 0 Å². The van der Waals surface area contributed by atoms with E-state index in [2.05, 4.69) is 15.3 Å². The Kier molecular flexibility index (Phi) is 4.41. The highest BCUT2D eigenvalue weighted by Crippen LogP contribution is 2.35. The van der Waals surface area contributed by atoms with E-state index in [0.717, 1.165) is 11.4 Å². The van der Waals surface area contributed by atoms with Crippen LogP contribution in [0.15, 0.2) is 30.7 Å². The molecule has 5 nitrogen and oxygen atoms in total. The van der Waals surface area contributed by atoms with Crippen molar-refractivity contribution in [1.82, 2.24) is 9.97 Å². The number of benzene rings is 1. The Balaban J connectivity index is 2.18. The van der Waals surface area contributed by atoms with E-state index in [9.17, 15) is 0 Å². The maximum absolute atomic E-state index is 6.09. The van der Waals surface area contributed by atoms with Crippen LogP contribution in [0.1, 0.15) is 5.69 Å². The summed E-state index contributed by atoms with van der Waals surface area (Å²) in [5, 5.41) is 3.74. The molecule has 0 amide bonds. The molecule has 0 atom stereocenters. The van der Waals surface area contributed by atoms with Crippen molar-refractivity contribution in [3.8, 4) is 11.5 Å². The quantitative estimate of drug-likeness (QED) is 0.912. The number of nitrogens with zero attached hydrogens (tertiary/aromatic N) is 2. The molecule has 0 saturated carbocycles. The van der Waals surface area contributed by atoms with Crippen molar-refractivity contribution >= 4 is 17.3 Å². The predicted molar refractivity (Wildman–Crippen MR) is 73.9 cm³/mol. The molecule has 0 unspecified atom stereocenters. The Hall–Kier alpha value is -2.01. The molecule has 1 N–H and O–H groups in total. The van der Waals surface area contributed by atoms with Gasteiger partial charge in [-0.1, -0.05) is 11.6 Å². The fourth-order valence-corrected chi connectivity index (χ4v) is 1.85. The van der Waals surface area contributed by atoms with Gasteiger partial charge in [-0.25, -0.2) is 9.97 Å². The lowest BCUT2D eigenvalue weighted by Crippen LogP contribution is -2.03. The third-order valence-electron chi connectivity index (χ3n) is 2.58. The van der Waals surface area contributed by atoms with Gasteiger partial charge in [-0.2, -0.15) is 0 Å². The van der Waals surface area contributed by atoms with E-state index in [1.165, 1.54) is 6.33 Å².